The van der Waals surface area contributed by atoms with Gasteiger partial charge in [0.15, 0.2) is 46.5 Å². The predicted octanol–water partition coefficient (Wildman–Crippen LogP) is 12.4. The van der Waals surface area contributed by atoms with Crippen molar-refractivity contribution < 1.29 is 43.9 Å². The van der Waals surface area contributed by atoms with E-state index in [4.69, 9.17) is 0 Å². The third-order valence-electron chi connectivity index (χ3n) is 8.23. The lowest BCUT2D eigenvalue weighted by Crippen LogP contribution is -2.05. The summed E-state index contributed by atoms with van der Waals surface area (Å²) >= 11 is 0. The number of halogens is 10. The van der Waals surface area contributed by atoms with Gasteiger partial charge in [0.25, 0.3) is 0 Å². The van der Waals surface area contributed by atoms with Crippen LogP contribution in [0.4, 0.5) is 43.9 Å². The summed E-state index contributed by atoms with van der Waals surface area (Å²) in [5.74, 6) is -20.6. The molecule has 6 aromatic rings. The minimum atomic E-state index is -2.26. The zero-order chi connectivity index (χ0) is 35.3. The molecule has 0 bridgehead atoms. The zero-order valence-electron chi connectivity index (χ0n) is 25.1. The largest absolute Gasteiger partial charge is 0.203 e. The molecule has 0 fully saturated rings. The van der Waals surface area contributed by atoms with Crippen molar-refractivity contribution >= 4 is 32.7 Å². The highest BCUT2D eigenvalue weighted by molar-refractivity contribution is 6.19. The number of benzene rings is 6. The maximum absolute atomic E-state index is 14.6. The van der Waals surface area contributed by atoms with Gasteiger partial charge in [-0.1, -0.05) is 97.6 Å². The highest BCUT2D eigenvalue weighted by Gasteiger charge is 2.28. The van der Waals surface area contributed by atoms with Crippen LogP contribution in [0.15, 0.2) is 97.6 Å². The van der Waals surface area contributed by atoms with E-state index in [-0.39, 0.29) is 11.1 Å². The molecule has 0 N–H and O–H groups in total. The van der Waals surface area contributed by atoms with Crippen molar-refractivity contribution in [2.24, 2.45) is 0 Å². The Morgan fingerprint density at radius 3 is 1.22 bits per heavy atom. The summed E-state index contributed by atoms with van der Waals surface area (Å²) in [4.78, 5) is 0. The first kappa shape index (κ1) is 33.3. The lowest BCUT2D eigenvalue weighted by molar-refractivity contribution is 0.376. The second-order valence-corrected chi connectivity index (χ2v) is 11.0. The van der Waals surface area contributed by atoms with Gasteiger partial charge in [0.2, 0.25) is 11.6 Å². The lowest BCUT2D eigenvalue weighted by atomic mass is 9.85. The van der Waals surface area contributed by atoms with Crippen LogP contribution in [0.1, 0.15) is 18.1 Å². The van der Waals surface area contributed by atoms with Gasteiger partial charge in [0, 0.05) is 0 Å². The summed E-state index contributed by atoms with van der Waals surface area (Å²) in [6, 6.07) is 19.7. The zero-order valence-corrected chi connectivity index (χ0v) is 25.1. The summed E-state index contributed by atoms with van der Waals surface area (Å²) in [5, 5.41) is 2.67. The maximum Gasteiger partial charge on any atom is 0.200 e. The van der Waals surface area contributed by atoms with E-state index in [0.29, 0.717) is 43.8 Å². The number of allylic oxidation sites excluding steroid dienone is 5. The van der Waals surface area contributed by atoms with Crippen molar-refractivity contribution in [3.63, 3.8) is 0 Å². The van der Waals surface area contributed by atoms with Crippen molar-refractivity contribution in [1.29, 1.82) is 0 Å². The van der Waals surface area contributed by atoms with E-state index in [9.17, 15) is 43.9 Å². The Kier molecular flexibility index (Phi) is 8.66. The van der Waals surface area contributed by atoms with E-state index < -0.39 is 69.3 Å². The van der Waals surface area contributed by atoms with Gasteiger partial charge in [0.1, 0.15) is 0 Å². The normalized spacial score (nSPS) is 12.3. The van der Waals surface area contributed by atoms with E-state index in [2.05, 4.69) is 6.58 Å². The number of hydrogen-bond donors (Lipinski definition) is 0. The average molecular weight is 679 g/mol. The van der Waals surface area contributed by atoms with E-state index in [1.165, 1.54) is 49.4 Å². The van der Waals surface area contributed by atoms with Gasteiger partial charge in [-0.3, -0.25) is 0 Å². The molecular formula is C39H20F10. The molecular weight excluding hydrogens is 658 g/mol. The van der Waals surface area contributed by atoms with Gasteiger partial charge >= 0.3 is 0 Å². The minimum Gasteiger partial charge on any atom is -0.203 e. The van der Waals surface area contributed by atoms with Crippen LogP contribution in [0.5, 0.6) is 0 Å². The van der Waals surface area contributed by atoms with Crippen LogP contribution in [0.25, 0.3) is 54.9 Å². The summed E-state index contributed by atoms with van der Waals surface area (Å²) in [7, 11) is 0. The van der Waals surface area contributed by atoms with Crippen molar-refractivity contribution in [1.82, 2.24) is 0 Å². The van der Waals surface area contributed by atoms with Gasteiger partial charge in [0.05, 0.1) is 11.1 Å². The second-order valence-electron chi connectivity index (χ2n) is 11.0. The van der Waals surface area contributed by atoms with Crippen LogP contribution in [0, 0.1) is 58.2 Å². The van der Waals surface area contributed by atoms with Gasteiger partial charge in [-0.15, -0.1) is 0 Å². The fourth-order valence-corrected chi connectivity index (χ4v) is 5.92. The molecule has 6 aromatic carbocycles. The average Bonchev–Trinajstić information content (AvgIpc) is 3.11. The van der Waals surface area contributed by atoms with Gasteiger partial charge in [-0.2, -0.15) is 0 Å². The molecule has 0 spiro atoms. The smallest absolute Gasteiger partial charge is 0.200 e. The van der Waals surface area contributed by atoms with E-state index in [1.54, 1.807) is 48.5 Å². The molecule has 10 heteroatoms. The summed E-state index contributed by atoms with van der Waals surface area (Å²) < 4.78 is 141. The maximum atomic E-state index is 14.6. The van der Waals surface area contributed by atoms with Crippen LogP contribution in [0.2, 0.25) is 0 Å². The molecule has 0 aliphatic carbocycles. The molecule has 0 heterocycles. The Labute approximate surface area is 272 Å². The summed E-state index contributed by atoms with van der Waals surface area (Å²) in [6.07, 6.45) is 4.12. The Morgan fingerprint density at radius 2 is 0.796 bits per heavy atom. The molecule has 0 saturated carbocycles. The Hall–Kier alpha value is -5.64. The Morgan fingerprint density at radius 1 is 0.429 bits per heavy atom. The van der Waals surface area contributed by atoms with Crippen molar-refractivity contribution in [3.05, 3.63) is 167 Å². The molecule has 0 unspecified atom stereocenters. The highest BCUT2D eigenvalue weighted by Crippen LogP contribution is 2.43. The third-order valence-corrected chi connectivity index (χ3v) is 8.23. The molecule has 0 aliphatic rings. The van der Waals surface area contributed by atoms with Crippen LogP contribution in [-0.4, -0.2) is 0 Å². The Bertz CT molecular complexity index is 2290. The van der Waals surface area contributed by atoms with Gasteiger partial charge < -0.3 is 0 Å². The Balaban J connectivity index is 1.55. The van der Waals surface area contributed by atoms with Crippen LogP contribution < -0.4 is 0 Å². The van der Waals surface area contributed by atoms with Crippen molar-refractivity contribution in [3.8, 4) is 22.3 Å². The summed E-state index contributed by atoms with van der Waals surface area (Å²) in [6.45, 7) is 5.07. The highest BCUT2D eigenvalue weighted by atomic mass is 19.2. The molecule has 0 atom stereocenters. The number of hydrogen-bond acceptors (Lipinski definition) is 0. The topological polar surface area (TPSA) is 0 Å². The van der Waals surface area contributed by atoms with E-state index >= 15 is 0 Å². The molecule has 0 radical (unpaired) electrons. The molecule has 0 nitrogen and oxygen atoms in total. The number of fused-ring (bicyclic) bond motifs is 2. The first-order valence-corrected chi connectivity index (χ1v) is 14.5. The SMILES string of the molecule is C=C/C(=C\C=C(/C)c1c(F)c(F)c(F)c(F)c1F)c1c2ccccc2c(-c2ccc(-c3c(F)c(F)c(F)c(F)c3F)cc2)c2ccccc12. The molecule has 0 aromatic heterocycles. The van der Waals surface area contributed by atoms with Crippen LogP contribution in [-0.2, 0) is 0 Å². The first-order valence-electron chi connectivity index (χ1n) is 14.5. The second kappa shape index (κ2) is 12.8. The van der Waals surface area contributed by atoms with Crippen molar-refractivity contribution in [2.45, 2.75) is 6.92 Å². The predicted molar refractivity (Wildman–Crippen MR) is 170 cm³/mol. The fraction of sp³-hybridized carbons (Fsp3) is 0.0256. The van der Waals surface area contributed by atoms with Crippen LogP contribution in [0.3, 0.4) is 0 Å². The quantitative estimate of drug-likeness (QED) is 0.0541. The lowest BCUT2D eigenvalue weighted by Gasteiger charge is -2.18. The van der Waals surface area contributed by atoms with Crippen molar-refractivity contribution in [2.75, 3.05) is 0 Å². The number of rotatable bonds is 6. The standard InChI is InChI=1S/C39H20F10/c1-3-19(13-12-18(2)26-30(40)34(44)38(48)35(45)31(26)41)27-22-8-4-6-10-24(22)28(25-11-7-5-9-23(25)27)20-14-16-21(17-15-20)29-32(42)36(46)39(49)37(47)33(29)43/h3-17H,1H2,2H3/b18-12+,19-13+. The van der Waals surface area contributed by atoms with E-state index in [1.807, 2.05) is 0 Å². The molecule has 6 rings (SSSR count). The molecule has 49 heavy (non-hydrogen) atoms. The molecule has 0 aliphatic heterocycles. The van der Waals surface area contributed by atoms with Gasteiger partial charge in [-0.25, -0.2) is 43.9 Å². The summed E-state index contributed by atoms with van der Waals surface area (Å²) in [5.41, 5.74) is -0.374. The minimum absolute atomic E-state index is 0.241. The van der Waals surface area contributed by atoms with E-state index in [0.717, 1.165) is 0 Å². The van der Waals surface area contributed by atoms with Crippen LogP contribution >= 0.6 is 0 Å². The third kappa shape index (κ3) is 5.37. The van der Waals surface area contributed by atoms with Gasteiger partial charge in [-0.05, 0) is 61.9 Å². The first-order chi connectivity index (χ1) is 23.4. The monoisotopic (exact) mass is 678 g/mol. The molecule has 0 saturated heterocycles. The fourth-order valence-electron chi connectivity index (χ4n) is 5.92. The molecule has 0 amide bonds. The molecule has 246 valence electrons.